The number of hydrogen-bond donors (Lipinski definition) is 1. The van der Waals surface area contributed by atoms with E-state index in [-0.39, 0.29) is 18.6 Å². The van der Waals surface area contributed by atoms with Gasteiger partial charge in [0.15, 0.2) is 0 Å². The van der Waals surface area contributed by atoms with Gasteiger partial charge >= 0.3 is 5.97 Å². The summed E-state index contributed by atoms with van der Waals surface area (Å²) in [5.74, 6) is -0.199. The molecule has 0 spiro atoms. The minimum Gasteiger partial charge on any atom is -0.465 e. The Morgan fingerprint density at radius 2 is 2.06 bits per heavy atom. The molecule has 1 rings (SSSR count). The predicted molar refractivity (Wildman–Crippen MR) is 71.9 cm³/mol. The molecule has 0 aromatic heterocycles. The molecule has 0 bridgehead atoms. The Morgan fingerprint density at radius 3 is 2.65 bits per heavy atom. The molecule has 4 heteroatoms. The molecule has 0 saturated heterocycles. The van der Waals surface area contributed by atoms with Gasteiger partial charge in [-0.25, -0.2) is 0 Å². The number of hydrogen-bond acceptors (Lipinski definition) is 3. The fourth-order valence-corrected chi connectivity index (χ4v) is 1.78. The molecule has 0 aliphatic carbocycles. The first-order valence-corrected chi connectivity index (χ1v) is 6.54. The van der Waals surface area contributed by atoms with E-state index in [4.69, 9.17) is 4.74 Å². The van der Waals surface area contributed by atoms with Crippen LogP contribution >= 0.6 is 15.9 Å². The van der Waals surface area contributed by atoms with Crippen molar-refractivity contribution in [3.63, 3.8) is 0 Å². The third-order valence-corrected chi connectivity index (χ3v) is 2.88. The second kappa shape index (κ2) is 7.45. The van der Waals surface area contributed by atoms with E-state index >= 15 is 0 Å². The van der Waals surface area contributed by atoms with E-state index < -0.39 is 0 Å². The number of carbonyl (C=O) groups is 1. The first-order chi connectivity index (χ1) is 8.11. The summed E-state index contributed by atoms with van der Waals surface area (Å²) in [6, 6.07) is 8.45. The van der Waals surface area contributed by atoms with Crippen LogP contribution in [0.25, 0.3) is 0 Å². The zero-order valence-corrected chi connectivity index (χ0v) is 11.8. The molecule has 1 unspecified atom stereocenters. The molecule has 1 aromatic carbocycles. The molecule has 0 aliphatic rings. The van der Waals surface area contributed by atoms with Gasteiger partial charge in [-0.15, -0.1) is 0 Å². The Morgan fingerprint density at radius 1 is 1.41 bits per heavy atom. The Hall–Kier alpha value is -0.870. The summed E-state index contributed by atoms with van der Waals surface area (Å²) in [6.45, 7) is 4.57. The number of ether oxygens (including phenoxy) is 1. The van der Waals surface area contributed by atoms with Crippen LogP contribution in [0.2, 0.25) is 0 Å². The second-order valence-electron chi connectivity index (χ2n) is 3.92. The maximum absolute atomic E-state index is 11.2. The van der Waals surface area contributed by atoms with Gasteiger partial charge in [-0.3, -0.25) is 4.79 Å². The Balaban J connectivity index is 2.31. The fourth-order valence-electron chi connectivity index (χ4n) is 1.52. The van der Waals surface area contributed by atoms with Gasteiger partial charge < -0.3 is 10.1 Å². The number of esters is 1. The molecule has 0 aliphatic heterocycles. The highest BCUT2D eigenvalue weighted by atomic mass is 79.9. The molecular formula is C13H18BrNO2. The second-order valence-corrected chi connectivity index (χ2v) is 4.83. The van der Waals surface area contributed by atoms with Crippen molar-refractivity contribution < 1.29 is 9.53 Å². The maximum atomic E-state index is 11.2. The van der Waals surface area contributed by atoms with Crippen LogP contribution in [-0.2, 0) is 16.0 Å². The van der Waals surface area contributed by atoms with E-state index in [1.807, 2.05) is 19.1 Å². The van der Waals surface area contributed by atoms with E-state index in [0.29, 0.717) is 6.61 Å². The summed E-state index contributed by atoms with van der Waals surface area (Å²) in [6.07, 6.45) is 0.896. The summed E-state index contributed by atoms with van der Waals surface area (Å²) < 4.78 is 5.93. The molecule has 17 heavy (non-hydrogen) atoms. The number of rotatable bonds is 6. The topological polar surface area (TPSA) is 38.3 Å². The van der Waals surface area contributed by atoms with Crippen LogP contribution in [0.5, 0.6) is 0 Å². The standard InChI is InChI=1S/C13H18BrNO2/c1-3-17-13(16)9-15-10(2)8-11-4-6-12(14)7-5-11/h4-7,10,15H,3,8-9H2,1-2H3. The lowest BCUT2D eigenvalue weighted by Gasteiger charge is -2.13. The molecule has 0 radical (unpaired) electrons. The van der Waals surface area contributed by atoms with Crippen LogP contribution in [0.4, 0.5) is 0 Å². The number of benzene rings is 1. The van der Waals surface area contributed by atoms with E-state index in [1.165, 1.54) is 5.56 Å². The number of nitrogens with one attached hydrogen (secondary N) is 1. The average molecular weight is 300 g/mol. The quantitative estimate of drug-likeness (QED) is 0.821. The molecule has 94 valence electrons. The van der Waals surface area contributed by atoms with Gasteiger partial charge in [-0.1, -0.05) is 28.1 Å². The van der Waals surface area contributed by atoms with Gasteiger partial charge in [0.1, 0.15) is 0 Å². The minimum atomic E-state index is -0.199. The molecule has 0 amide bonds. The van der Waals surface area contributed by atoms with Gasteiger partial charge in [-0.2, -0.15) is 0 Å². The zero-order valence-electron chi connectivity index (χ0n) is 10.2. The first-order valence-electron chi connectivity index (χ1n) is 5.75. The summed E-state index contributed by atoms with van der Waals surface area (Å²) in [4.78, 5) is 11.2. The molecule has 1 aromatic rings. The highest BCUT2D eigenvalue weighted by Crippen LogP contribution is 2.11. The molecule has 1 atom stereocenters. The summed E-state index contributed by atoms with van der Waals surface area (Å²) in [5.41, 5.74) is 1.25. The molecular weight excluding hydrogens is 282 g/mol. The van der Waals surface area contributed by atoms with Gasteiger partial charge in [-0.05, 0) is 38.0 Å². The van der Waals surface area contributed by atoms with Crippen molar-refractivity contribution in [2.75, 3.05) is 13.2 Å². The third-order valence-electron chi connectivity index (χ3n) is 2.36. The van der Waals surface area contributed by atoms with Crippen molar-refractivity contribution in [2.24, 2.45) is 0 Å². The smallest absolute Gasteiger partial charge is 0.319 e. The van der Waals surface area contributed by atoms with Crippen LogP contribution in [0.15, 0.2) is 28.7 Å². The molecule has 0 heterocycles. The Bertz CT molecular complexity index is 351. The lowest BCUT2D eigenvalue weighted by molar-refractivity contribution is -0.142. The molecule has 1 N–H and O–H groups in total. The highest BCUT2D eigenvalue weighted by molar-refractivity contribution is 9.10. The summed E-state index contributed by atoms with van der Waals surface area (Å²) in [7, 11) is 0. The van der Waals surface area contributed by atoms with Crippen molar-refractivity contribution in [1.82, 2.24) is 5.32 Å². The predicted octanol–water partition coefficient (Wildman–Crippen LogP) is 2.53. The van der Waals surface area contributed by atoms with Gasteiger partial charge in [0.25, 0.3) is 0 Å². The maximum Gasteiger partial charge on any atom is 0.319 e. The minimum absolute atomic E-state index is 0.199. The van der Waals surface area contributed by atoms with Crippen molar-refractivity contribution in [1.29, 1.82) is 0 Å². The third kappa shape index (κ3) is 5.84. The van der Waals surface area contributed by atoms with Gasteiger partial charge in [0.05, 0.1) is 13.2 Å². The van der Waals surface area contributed by atoms with Crippen molar-refractivity contribution >= 4 is 21.9 Å². The largest absolute Gasteiger partial charge is 0.465 e. The molecule has 3 nitrogen and oxygen atoms in total. The van der Waals surface area contributed by atoms with Crippen molar-refractivity contribution in [3.8, 4) is 0 Å². The number of halogens is 1. The van der Waals surface area contributed by atoms with E-state index in [2.05, 4.69) is 40.3 Å². The van der Waals surface area contributed by atoms with Crippen LogP contribution in [0.1, 0.15) is 19.4 Å². The Labute approximate surface area is 111 Å². The lowest BCUT2D eigenvalue weighted by atomic mass is 10.1. The van der Waals surface area contributed by atoms with Crippen LogP contribution in [0.3, 0.4) is 0 Å². The van der Waals surface area contributed by atoms with Crippen LogP contribution in [-0.4, -0.2) is 25.2 Å². The van der Waals surface area contributed by atoms with Crippen LogP contribution < -0.4 is 5.32 Å². The zero-order chi connectivity index (χ0) is 12.7. The fraction of sp³-hybridized carbons (Fsp3) is 0.462. The Kier molecular flexibility index (Phi) is 6.22. The lowest BCUT2D eigenvalue weighted by Crippen LogP contribution is -2.33. The van der Waals surface area contributed by atoms with E-state index in [0.717, 1.165) is 10.9 Å². The molecule has 0 fully saturated rings. The van der Waals surface area contributed by atoms with Crippen LogP contribution in [0, 0.1) is 0 Å². The number of carbonyl (C=O) groups excluding carboxylic acids is 1. The highest BCUT2D eigenvalue weighted by Gasteiger charge is 2.06. The summed E-state index contributed by atoms with van der Waals surface area (Å²) in [5, 5.41) is 3.14. The first kappa shape index (κ1) is 14.2. The normalized spacial score (nSPS) is 12.2. The SMILES string of the molecule is CCOC(=O)CNC(C)Cc1ccc(Br)cc1. The molecule has 0 saturated carbocycles. The van der Waals surface area contributed by atoms with E-state index in [1.54, 1.807) is 0 Å². The monoisotopic (exact) mass is 299 g/mol. The van der Waals surface area contributed by atoms with Gasteiger partial charge in [0, 0.05) is 10.5 Å². The average Bonchev–Trinajstić information content (AvgIpc) is 2.30. The summed E-state index contributed by atoms with van der Waals surface area (Å²) >= 11 is 3.40. The van der Waals surface area contributed by atoms with Crippen molar-refractivity contribution in [3.05, 3.63) is 34.3 Å². The van der Waals surface area contributed by atoms with E-state index in [9.17, 15) is 4.79 Å². The van der Waals surface area contributed by atoms with Crippen molar-refractivity contribution in [2.45, 2.75) is 26.3 Å². The van der Waals surface area contributed by atoms with Gasteiger partial charge in [0.2, 0.25) is 0 Å².